The topological polar surface area (TPSA) is 232 Å². The van der Waals surface area contributed by atoms with Crippen LogP contribution >= 0.6 is 0 Å². The van der Waals surface area contributed by atoms with Gasteiger partial charge < -0.3 is 47.9 Å². The predicted molar refractivity (Wildman–Crippen MR) is 314 cm³/mol. The standard InChI is InChI=1S/C64H111NO17/c1-10-12-14-16-18-20-22-24-25-26-27-28-29-30-31-32-33-35-37-39-41-43-45-57(77-50(5)68)63(73)65-55(59(78-51(6)69)56(76-49(4)67)44-42-40-38-36-34-23-21-19-17-15-13-11-2)46-75-64-62(81-54(9)72)61(80-53(8)71)60(79-52(7)70)58(82-64)47-74-48(3)66/h36,38,55-62,64H,10-35,37,39-47H2,1-9H3,(H,65,73)/b38-36-/t55-,56+,57+,58+,59-,60+,61-,62+,64+/m0/s1. The molecule has 1 N–H and O–H groups in total. The zero-order chi connectivity index (χ0) is 60.8. The fraction of sp³-hybridized carbons (Fsp3) is 0.844. The van der Waals surface area contributed by atoms with Crippen molar-refractivity contribution in [3.63, 3.8) is 0 Å². The minimum Gasteiger partial charge on any atom is -0.463 e. The molecule has 0 spiro atoms. The van der Waals surface area contributed by atoms with Gasteiger partial charge in [-0.15, -0.1) is 0 Å². The van der Waals surface area contributed by atoms with Gasteiger partial charge in [-0.05, 0) is 44.9 Å². The van der Waals surface area contributed by atoms with Gasteiger partial charge in [0.05, 0.1) is 12.6 Å². The van der Waals surface area contributed by atoms with Gasteiger partial charge in [0.1, 0.15) is 18.8 Å². The van der Waals surface area contributed by atoms with Crippen LogP contribution in [0.5, 0.6) is 0 Å². The van der Waals surface area contributed by atoms with E-state index in [1.165, 1.54) is 155 Å². The summed E-state index contributed by atoms with van der Waals surface area (Å²) in [6, 6.07) is -1.37. The highest BCUT2D eigenvalue weighted by Gasteiger charge is 2.53. The second-order valence-corrected chi connectivity index (χ2v) is 22.4. The van der Waals surface area contributed by atoms with E-state index in [4.69, 9.17) is 42.6 Å². The lowest BCUT2D eigenvalue weighted by molar-refractivity contribution is -0.310. The zero-order valence-corrected chi connectivity index (χ0v) is 52.2. The second-order valence-electron chi connectivity index (χ2n) is 22.4. The number of allylic oxidation sites excluding steroid dienone is 2. The molecule has 1 fully saturated rings. The summed E-state index contributed by atoms with van der Waals surface area (Å²) in [5.41, 5.74) is 0. The monoisotopic (exact) mass is 1170 g/mol. The molecule has 0 saturated carbocycles. The fourth-order valence-corrected chi connectivity index (χ4v) is 10.4. The van der Waals surface area contributed by atoms with Crippen molar-refractivity contribution < 1.29 is 81.0 Å². The maximum absolute atomic E-state index is 14.5. The molecule has 1 saturated heterocycles. The van der Waals surface area contributed by atoms with E-state index < -0.39 is 116 Å². The summed E-state index contributed by atoms with van der Waals surface area (Å²) < 4.78 is 51.8. The molecule has 474 valence electrons. The third-order valence-electron chi connectivity index (χ3n) is 14.5. The van der Waals surface area contributed by atoms with Crippen molar-refractivity contribution in [2.45, 2.75) is 336 Å². The van der Waals surface area contributed by atoms with Crippen LogP contribution in [0, 0.1) is 0 Å². The number of amides is 1. The van der Waals surface area contributed by atoms with Crippen LogP contribution in [0.1, 0.15) is 281 Å². The van der Waals surface area contributed by atoms with Gasteiger partial charge in [-0.1, -0.05) is 199 Å². The van der Waals surface area contributed by atoms with Crippen molar-refractivity contribution in [2.75, 3.05) is 13.2 Å². The van der Waals surface area contributed by atoms with E-state index in [-0.39, 0.29) is 12.8 Å². The maximum Gasteiger partial charge on any atom is 0.303 e. The number of hydrogen-bond acceptors (Lipinski definition) is 17. The van der Waals surface area contributed by atoms with Crippen LogP contribution < -0.4 is 5.32 Å². The highest BCUT2D eigenvalue weighted by atomic mass is 16.7. The molecule has 1 heterocycles. The van der Waals surface area contributed by atoms with Gasteiger partial charge in [-0.2, -0.15) is 0 Å². The van der Waals surface area contributed by atoms with Gasteiger partial charge >= 0.3 is 41.8 Å². The Balaban J connectivity index is 3.26. The van der Waals surface area contributed by atoms with Gasteiger partial charge in [-0.3, -0.25) is 38.4 Å². The minimum absolute atomic E-state index is 0.175. The Morgan fingerprint density at radius 3 is 1.26 bits per heavy atom. The van der Waals surface area contributed by atoms with Crippen LogP contribution in [0.3, 0.4) is 0 Å². The first-order chi connectivity index (χ1) is 39.4. The van der Waals surface area contributed by atoms with Crippen molar-refractivity contribution in [1.29, 1.82) is 0 Å². The summed E-state index contributed by atoms with van der Waals surface area (Å²) in [6.07, 6.45) is 30.4. The molecular formula is C64H111NO17. The quantitative estimate of drug-likeness (QED) is 0.0258. The Bertz CT molecular complexity index is 1790. The molecule has 0 aliphatic carbocycles. The molecule has 0 aromatic heterocycles. The Kier molecular flexibility index (Phi) is 44.9. The molecule has 18 heteroatoms. The first-order valence-corrected chi connectivity index (χ1v) is 31.8. The van der Waals surface area contributed by atoms with E-state index in [0.717, 1.165) is 79.6 Å². The summed E-state index contributed by atoms with van der Waals surface area (Å²) in [5.74, 6) is -6.18. The van der Waals surface area contributed by atoms with Crippen molar-refractivity contribution in [3.05, 3.63) is 12.2 Å². The maximum atomic E-state index is 14.5. The van der Waals surface area contributed by atoms with Crippen LogP contribution in [-0.2, 0) is 81.0 Å². The molecule has 9 atom stereocenters. The number of rotatable bonds is 50. The van der Waals surface area contributed by atoms with Gasteiger partial charge in [0, 0.05) is 48.5 Å². The number of carbonyl (C=O) groups excluding carboxylic acids is 8. The summed E-state index contributed by atoms with van der Waals surface area (Å²) in [5, 5.41) is 2.86. The van der Waals surface area contributed by atoms with Crippen LogP contribution in [0.4, 0.5) is 0 Å². The van der Waals surface area contributed by atoms with Crippen molar-refractivity contribution >= 4 is 47.7 Å². The number of hydrogen-bond donors (Lipinski definition) is 1. The van der Waals surface area contributed by atoms with Crippen molar-refractivity contribution in [2.24, 2.45) is 0 Å². The number of ether oxygens (including phenoxy) is 9. The summed E-state index contributed by atoms with van der Waals surface area (Å²) in [7, 11) is 0. The molecule has 1 aliphatic rings. The molecule has 0 aromatic carbocycles. The van der Waals surface area contributed by atoms with E-state index in [9.17, 15) is 38.4 Å². The number of carbonyl (C=O) groups is 8. The highest BCUT2D eigenvalue weighted by molar-refractivity contribution is 5.83. The van der Waals surface area contributed by atoms with E-state index in [2.05, 4.69) is 31.3 Å². The van der Waals surface area contributed by atoms with Crippen LogP contribution in [0.2, 0.25) is 0 Å². The second kappa shape index (κ2) is 48.8. The smallest absolute Gasteiger partial charge is 0.303 e. The largest absolute Gasteiger partial charge is 0.463 e. The molecule has 1 rings (SSSR count). The highest BCUT2D eigenvalue weighted by Crippen LogP contribution is 2.31. The first kappa shape index (κ1) is 75.4. The molecule has 0 radical (unpaired) electrons. The van der Waals surface area contributed by atoms with E-state index >= 15 is 0 Å². The predicted octanol–water partition coefficient (Wildman–Crippen LogP) is 13.2. The first-order valence-electron chi connectivity index (χ1n) is 31.8. The van der Waals surface area contributed by atoms with Gasteiger partial charge in [0.25, 0.3) is 5.91 Å². The normalized spacial score (nSPS) is 18.4. The van der Waals surface area contributed by atoms with E-state index in [1.54, 1.807) is 0 Å². The lowest BCUT2D eigenvalue weighted by atomic mass is 9.97. The number of nitrogens with one attached hydrogen (secondary N) is 1. The van der Waals surface area contributed by atoms with Crippen molar-refractivity contribution in [1.82, 2.24) is 5.32 Å². The van der Waals surface area contributed by atoms with Crippen LogP contribution in [-0.4, -0.2) is 116 Å². The third-order valence-corrected chi connectivity index (χ3v) is 14.5. The summed E-state index contributed by atoms with van der Waals surface area (Å²) in [6.45, 7) is 11.3. The molecule has 0 bridgehead atoms. The Labute approximate surface area is 493 Å². The molecule has 1 amide bonds. The third kappa shape index (κ3) is 39.1. The molecular weight excluding hydrogens is 1050 g/mol. The lowest BCUT2D eigenvalue weighted by Gasteiger charge is -2.44. The SMILES string of the molecule is CCCCCCCCC/C=C\CCC[C@@H](OC(C)=O)[C@@H](OC(C)=O)[C@H](CO[C@@H]1O[C@H](COC(C)=O)[C@@H](OC(C)=O)[C@H](OC(C)=O)[C@H]1OC(C)=O)NC(=O)[C@@H](CCCCCCCCCCCCCCCCCCCCCCCC)OC(C)=O. The number of unbranched alkanes of at least 4 members (excludes halogenated alkanes) is 29. The average molecular weight is 1170 g/mol. The lowest BCUT2D eigenvalue weighted by Crippen LogP contribution is -2.63. The van der Waals surface area contributed by atoms with Gasteiger partial charge in [0.15, 0.2) is 36.8 Å². The molecule has 82 heavy (non-hydrogen) atoms. The fourth-order valence-electron chi connectivity index (χ4n) is 10.4. The van der Waals surface area contributed by atoms with Gasteiger partial charge in [0.2, 0.25) is 0 Å². The molecule has 0 unspecified atom stereocenters. The summed E-state index contributed by atoms with van der Waals surface area (Å²) in [4.78, 5) is 102. The van der Waals surface area contributed by atoms with Crippen LogP contribution in [0.25, 0.3) is 0 Å². The van der Waals surface area contributed by atoms with Crippen LogP contribution in [0.15, 0.2) is 12.2 Å². The Morgan fingerprint density at radius 2 is 0.829 bits per heavy atom. The summed E-state index contributed by atoms with van der Waals surface area (Å²) >= 11 is 0. The van der Waals surface area contributed by atoms with E-state index in [0.29, 0.717) is 19.3 Å². The van der Waals surface area contributed by atoms with E-state index in [1.807, 2.05) is 0 Å². The Hall–Kier alpha value is -4.58. The zero-order valence-electron chi connectivity index (χ0n) is 52.2. The minimum atomic E-state index is -1.68. The van der Waals surface area contributed by atoms with Gasteiger partial charge in [-0.25, -0.2) is 0 Å². The molecule has 0 aromatic rings. The molecule has 18 nitrogen and oxygen atoms in total. The molecule has 1 aliphatic heterocycles. The van der Waals surface area contributed by atoms with Crippen molar-refractivity contribution in [3.8, 4) is 0 Å². The number of esters is 7. The Morgan fingerprint density at radius 1 is 0.427 bits per heavy atom. The average Bonchev–Trinajstić information content (AvgIpc) is 3.62.